The van der Waals surface area contributed by atoms with Crippen LogP contribution in [0.3, 0.4) is 0 Å². The van der Waals surface area contributed by atoms with Crippen LogP contribution in [0.1, 0.15) is 63.8 Å². The number of ether oxygens (including phenoxy) is 1. The fourth-order valence-electron chi connectivity index (χ4n) is 3.94. The fourth-order valence-corrected chi connectivity index (χ4v) is 3.94. The van der Waals surface area contributed by atoms with Crippen LogP contribution >= 0.6 is 0 Å². The van der Waals surface area contributed by atoms with Crippen molar-refractivity contribution in [3.8, 4) is 0 Å². The van der Waals surface area contributed by atoms with Crippen LogP contribution in [0.25, 0.3) is 0 Å². The molecule has 0 bridgehead atoms. The molecule has 0 aliphatic carbocycles. The molecule has 2 aromatic rings. The molecule has 0 saturated carbocycles. The van der Waals surface area contributed by atoms with Gasteiger partial charge < -0.3 is 25.6 Å². The first-order chi connectivity index (χ1) is 21.2. The lowest BCUT2D eigenvalue weighted by atomic mass is 9.75. The second kappa shape index (κ2) is 17.5. The lowest BCUT2D eigenvalue weighted by molar-refractivity contribution is -0.193. The maximum Gasteiger partial charge on any atom is 0.490 e. The third kappa shape index (κ3) is 16.1. The Morgan fingerprint density at radius 2 is 0.979 bits per heavy atom. The van der Waals surface area contributed by atoms with Crippen LogP contribution in [-0.4, -0.2) is 79.2 Å². The molecule has 266 valence electrons. The highest BCUT2D eigenvalue weighted by molar-refractivity contribution is 5.78. The minimum atomic E-state index is -5.08. The molecule has 0 unspecified atom stereocenters. The summed E-state index contributed by atoms with van der Waals surface area (Å²) in [5.74, 6) is -5.73. The Bertz CT molecular complexity index is 1190. The van der Waals surface area contributed by atoms with Crippen molar-refractivity contribution in [2.45, 2.75) is 77.6 Å². The highest BCUT2D eigenvalue weighted by Gasteiger charge is 2.40. The number of rotatable bonds is 9. The summed E-state index contributed by atoms with van der Waals surface area (Å²) in [6.45, 7) is 14.5. The van der Waals surface area contributed by atoms with Gasteiger partial charge >= 0.3 is 30.3 Å². The van der Waals surface area contributed by atoms with E-state index in [0.29, 0.717) is 26.0 Å². The predicted octanol–water partition coefficient (Wildman–Crippen LogP) is 6.38. The van der Waals surface area contributed by atoms with Crippen molar-refractivity contribution in [3.63, 3.8) is 0 Å². The van der Waals surface area contributed by atoms with Gasteiger partial charge in [-0.1, -0.05) is 90.1 Å². The number of alkyl halides is 6. The zero-order chi connectivity index (χ0) is 37.0. The van der Waals surface area contributed by atoms with Crippen LogP contribution in [0.5, 0.6) is 0 Å². The Morgan fingerprint density at radius 1 is 0.681 bits per heavy atom. The van der Waals surface area contributed by atoms with Crippen molar-refractivity contribution in [3.05, 3.63) is 70.8 Å². The van der Waals surface area contributed by atoms with Gasteiger partial charge in [-0.25, -0.2) is 9.59 Å². The SMILES string of the molecule is CN(C)CCOC(=O)C(CN)(Cc1ccc(C(C)(C)C)cc1)Cc1ccc(C(C)(C)C)cc1.O=C(O)C(F)(F)F.O=C(O)C(F)(F)F. The molecule has 0 heterocycles. The van der Waals surface area contributed by atoms with E-state index < -0.39 is 29.7 Å². The minimum absolute atomic E-state index is 0.0867. The summed E-state index contributed by atoms with van der Waals surface area (Å²) in [5.41, 5.74) is 10.4. The van der Waals surface area contributed by atoms with Gasteiger partial charge in [-0.2, -0.15) is 26.3 Å². The summed E-state index contributed by atoms with van der Waals surface area (Å²) in [6.07, 6.45) is -9.06. The van der Waals surface area contributed by atoms with Gasteiger partial charge in [0.15, 0.2) is 0 Å². The van der Waals surface area contributed by atoms with E-state index >= 15 is 0 Å². The standard InChI is InChI=1S/C29H44N2O2.2C2HF3O2/c1-27(2,3)24-13-9-22(10-14-24)19-29(21-30,26(32)33-18-17-31(7)8)20-23-11-15-25(16-12-23)28(4,5)6;2*3-2(4,5)1(6)7/h9-16H,17-21,30H2,1-8H3;2*(H,6,7). The van der Waals surface area contributed by atoms with Crippen LogP contribution in [0.2, 0.25) is 0 Å². The number of aliphatic carboxylic acids is 2. The predicted molar refractivity (Wildman–Crippen MR) is 166 cm³/mol. The van der Waals surface area contributed by atoms with Gasteiger partial charge in [0.05, 0.1) is 5.41 Å². The van der Waals surface area contributed by atoms with E-state index in [0.717, 1.165) is 11.1 Å². The normalized spacial score (nSPS) is 12.3. The third-order valence-corrected chi connectivity index (χ3v) is 6.81. The highest BCUT2D eigenvalue weighted by atomic mass is 19.4. The summed E-state index contributed by atoms with van der Waals surface area (Å²) in [6, 6.07) is 17.1. The molecule has 4 N–H and O–H groups in total. The molecule has 0 fully saturated rings. The van der Waals surface area contributed by atoms with Gasteiger partial charge in [-0.15, -0.1) is 0 Å². The molecule has 0 atom stereocenters. The van der Waals surface area contributed by atoms with Crippen molar-refractivity contribution < 1.29 is 55.7 Å². The average Bonchev–Trinajstić information content (AvgIpc) is 2.91. The van der Waals surface area contributed by atoms with Crippen molar-refractivity contribution >= 4 is 17.9 Å². The molecule has 0 aliphatic rings. The number of halogens is 6. The maximum atomic E-state index is 13.4. The summed E-state index contributed by atoms with van der Waals surface area (Å²) in [4.78, 5) is 33.2. The quantitative estimate of drug-likeness (QED) is 0.206. The van der Waals surface area contributed by atoms with E-state index in [4.69, 9.17) is 30.3 Å². The van der Waals surface area contributed by atoms with Crippen LogP contribution in [0, 0.1) is 5.41 Å². The van der Waals surface area contributed by atoms with Gasteiger partial charge in [0, 0.05) is 13.1 Å². The maximum absolute atomic E-state index is 13.4. The molecular formula is C33H46F6N2O6. The first-order valence-corrected chi connectivity index (χ1v) is 14.5. The number of nitrogens with two attached hydrogens (primary N) is 1. The fraction of sp³-hybridized carbons (Fsp3) is 0.545. The van der Waals surface area contributed by atoms with Crippen molar-refractivity contribution in [1.82, 2.24) is 4.90 Å². The molecule has 2 aromatic carbocycles. The Hall–Kier alpha value is -3.65. The van der Waals surface area contributed by atoms with E-state index in [-0.39, 0.29) is 23.3 Å². The number of hydrogen-bond donors (Lipinski definition) is 3. The highest BCUT2D eigenvalue weighted by Crippen LogP contribution is 2.32. The van der Waals surface area contributed by atoms with Crippen LogP contribution in [0.4, 0.5) is 26.3 Å². The van der Waals surface area contributed by atoms with Gasteiger partial charge in [0.25, 0.3) is 0 Å². The zero-order valence-electron chi connectivity index (χ0n) is 28.0. The number of carbonyl (C=O) groups excluding carboxylic acids is 1. The smallest absolute Gasteiger partial charge is 0.475 e. The van der Waals surface area contributed by atoms with Gasteiger partial charge in [-0.3, -0.25) is 4.79 Å². The molecule has 0 aromatic heterocycles. The first kappa shape index (κ1) is 43.4. The third-order valence-electron chi connectivity index (χ3n) is 6.81. The number of carbonyl (C=O) groups is 3. The van der Waals surface area contributed by atoms with Crippen LogP contribution in [-0.2, 0) is 42.8 Å². The number of likely N-dealkylation sites (N-methyl/N-ethyl adjacent to an activating group) is 1. The van der Waals surface area contributed by atoms with Crippen molar-refractivity contribution in [2.24, 2.45) is 11.1 Å². The van der Waals surface area contributed by atoms with Crippen molar-refractivity contribution in [1.29, 1.82) is 0 Å². The Kier molecular flexibility index (Phi) is 16.1. The van der Waals surface area contributed by atoms with E-state index in [9.17, 15) is 31.1 Å². The molecule has 0 radical (unpaired) electrons. The van der Waals surface area contributed by atoms with Gasteiger partial charge in [-0.05, 0) is 60.0 Å². The molecule has 0 spiro atoms. The second-order valence-electron chi connectivity index (χ2n) is 13.3. The number of hydrogen-bond acceptors (Lipinski definition) is 6. The molecule has 47 heavy (non-hydrogen) atoms. The monoisotopic (exact) mass is 680 g/mol. The number of esters is 1. The Balaban J connectivity index is 0.00000126. The zero-order valence-corrected chi connectivity index (χ0v) is 28.0. The van der Waals surface area contributed by atoms with Crippen LogP contribution in [0.15, 0.2) is 48.5 Å². The lowest BCUT2D eigenvalue weighted by Gasteiger charge is -2.31. The molecular weight excluding hydrogens is 634 g/mol. The lowest BCUT2D eigenvalue weighted by Crippen LogP contribution is -2.44. The van der Waals surface area contributed by atoms with Crippen molar-refractivity contribution in [2.75, 3.05) is 33.8 Å². The molecule has 8 nitrogen and oxygen atoms in total. The summed E-state index contributed by atoms with van der Waals surface area (Å²) in [5, 5.41) is 14.2. The minimum Gasteiger partial charge on any atom is -0.475 e. The summed E-state index contributed by atoms with van der Waals surface area (Å²) >= 11 is 0. The van der Waals surface area contributed by atoms with Crippen LogP contribution < -0.4 is 5.73 Å². The summed E-state index contributed by atoms with van der Waals surface area (Å²) < 4.78 is 69.2. The summed E-state index contributed by atoms with van der Waals surface area (Å²) in [7, 11) is 3.94. The topological polar surface area (TPSA) is 130 Å². The molecule has 2 rings (SSSR count). The second-order valence-corrected chi connectivity index (χ2v) is 13.3. The van der Waals surface area contributed by atoms with E-state index in [2.05, 4.69) is 90.1 Å². The largest absolute Gasteiger partial charge is 0.490 e. The molecule has 0 aliphatic heterocycles. The molecule has 0 saturated heterocycles. The molecule has 0 amide bonds. The average molecular weight is 681 g/mol. The number of nitrogens with zero attached hydrogens (tertiary/aromatic N) is 1. The number of carboxylic acid groups (broad SMARTS) is 2. The van der Waals surface area contributed by atoms with Gasteiger partial charge in [0.1, 0.15) is 6.61 Å². The number of benzene rings is 2. The van der Waals surface area contributed by atoms with Gasteiger partial charge in [0.2, 0.25) is 0 Å². The Labute approximate surface area is 271 Å². The van der Waals surface area contributed by atoms with E-state index in [1.165, 1.54) is 11.1 Å². The van der Waals surface area contributed by atoms with E-state index in [1.807, 2.05) is 19.0 Å². The molecule has 14 heteroatoms. The first-order valence-electron chi connectivity index (χ1n) is 14.5. The number of carboxylic acids is 2. The van der Waals surface area contributed by atoms with E-state index in [1.54, 1.807) is 0 Å². The Morgan fingerprint density at radius 3 is 1.19 bits per heavy atom.